The fourth-order valence-electron chi connectivity index (χ4n) is 5.88. The van der Waals surface area contributed by atoms with Crippen molar-refractivity contribution in [2.45, 2.75) is 32.9 Å². The molecule has 0 unspecified atom stereocenters. The minimum absolute atomic E-state index is 0.00898. The molecule has 0 aromatic heterocycles. The van der Waals surface area contributed by atoms with Crippen molar-refractivity contribution in [2.24, 2.45) is 17.8 Å². The summed E-state index contributed by atoms with van der Waals surface area (Å²) in [5.41, 5.74) is 5.52. The number of benzene rings is 3. The summed E-state index contributed by atoms with van der Waals surface area (Å²) >= 11 is 0. The van der Waals surface area contributed by atoms with Crippen molar-refractivity contribution < 1.29 is 14.3 Å². The van der Waals surface area contributed by atoms with Crippen molar-refractivity contribution in [1.29, 1.82) is 0 Å². The number of methoxy groups -OCH3 is 2. The van der Waals surface area contributed by atoms with Crippen molar-refractivity contribution >= 4 is 5.91 Å². The van der Waals surface area contributed by atoms with Crippen molar-refractivity contribution in [3.63, 3.8) is 0 Å². The zero-order chi connectivity index (χ0) is 24.5. The summed E-state index contributed by atoms with van der Waals surface area (Å²) in [7, 11) is 3.41. The van der Waals surface area contributed by atoms with E-state index in [-0.39, 0.29) is 23.8 Å². The average molecular weight is 468 g/mol. The first-order chi connectivity index (χ1) is 17.0. The lowest BCUT2D eigenvalue weighted by atomic mass is 9.75. The molecule has 3 aromatic carbocycles. The van der Waals surface area contributed by atoms with Gasteiger partial charge in [-0.2, -0.15) is 0 Å². The molecule has 0 N–H and O–H groups in total. The maximum atomic E-state index is 13.8. The number of allylic oxidation sites excluding steroid dienone is 1. The van der Waals surface area contributed by atoms with E-state index < -0.39 is 0 Å². The topological polar surface area (TPSA) is 38.8 Å². The second kappa shape index (κ2) is 9.61. The van der Waals surface area contributed by atoms with E-state index in [1.165, 1.54) is 0 Å². The fourth-order valence-corrected chi connectivity index (χ4v) is 5.88. The summed E-state index contributed by atoms with van der Waals surface area (Å²) in [6, 6.07) is 22.8. The molecule has 1 amide bonds. The predicted molar refractivity (Wildman–Crippen MR) is 139 cm³/mol. The van der Waals surface area contributed by atoms with Crippen molar-refractivity contribution in [3.05, 3.63) is 95.6 Å². The van der Waals surface area contributed by atoms with E-state index in [1.54, 1.807) is 14.2 Å². The van der Waals surface area contributed by atoms with Crippen LogP contribution in [0.4, 0.5) is 0 Å². The number of carbonyl (C=O) groups is 1. The molecule has 4 heteroatoms. The van der Waals surface area contributed by atoms with Crippen LogP contribution in [0.1, 0.15) is 36.1 Å². The second-order valence-corrected chi connectivity index (χ2v) is 9.78. The smallest absolute Gasteiger partial charge is 0.227 e. The minimum Gasteiger partial charge on any atom is -0.496 e. The Morgan fingerprint density at radius 3 is 2.29 bits per heavy atom. The van der Waals surface area contributed by atoms with Gasteiger partial charge in [0, 0.05) is 23.9 Å². The third kappa shape index (κ3) is 4.22. The quantitative estimate of drug-likeness (QED) is 0.384. The molecule has 2 aliphatic rings. The second-order valence-electron chi connectivity index (χ2n) is 9.78. The molecule has 1 aliphatic carbocycles. The molecule has 0 spiro atoms. The molecule has 4 nitrogen and oxygen atoms in total. The molecule has 1 heterocycles. The Hall–Kier alpha value is -3.53. The van der Waals surface area contributed by atoms with E-state index in [4.69, 9.17) is 9.47 Å². The molecule has 1 fully saturated rings. The van der Waals surface area contributed by atoms with Gasteiger partial charge in [0.25, 0.3) is 0 Å². The van der Waals surface area contributed by atoms with Crippen LogP contribution in [-0.4, -0.2) is 25.0 Å². The van der Waals surface area contributed by atoms with Crippen molar-refractivity contribution in [1.82, 2.24) is 4.90 Å². The molecule has 1 saturated heterocycles. The first-order valence-electron chi connectivity index (χ1n) is 12.4. The lowest BCUT2D eigenvalue weighted by Crippen LogP contribution is -2.30. The van der Waals surface area contributed by atoms with Crippen LogP contribution in [0.2, 0.25) is 0 Å². The number of aryl methyl sites for hydroxylation is 1. The van der Waals surface area contributed by atoms with E-state index in [1.807, 2.05) is 30.3 Å². The fraction of sp³-hybridized carbons (Fsp3) is 0.323. The minimum atomic E-state index is -0.0825. The summed E-state index contributed by atoms with van der Waals surface area (Å²) in [4.78, 5) is 15.9. The highest BCUT2D eigenvalue weighted by molar-refractivity contribution is 5.84. The molecule has 3 aromatic rings. The van der Waals surface area contributed by atoms with E-state index in [0.717, 1.165) is 45.7 Å². The Labute approximate surface area is 208 Å². The van der Waals surface area contributed by atoms with Crippen LogP contribution >= 0.6 is 0 Å². The Bertz CT molecular complexity index is 1250. The van der Waals surface area contributed by atoms with Crippen LogP contribution in [0, 0.1) is 24.7 Å². The summed E-state index contributed by atoms with van der Waals surface area (Å²) in [5, 5.41) is 0. The normalized spacial score (nSPS) is 23.3. The molecule has 0 saturated carbocycles. The van der Waals surface area contributed by atoms with Crippen LogP contribution in [0.5, 0.6) is 11.5 Å². The summed E-state index contributed by atoms with van der Waals surface area (Å²) in [6.07, 6.45) is 5.46. The van der Waals surface area contributed by atoms with Gasteiger partial charge < -0.3 is 14.4 Å². The Balaban J connectivity index is 1.62. The van der Waals surface area contributed by atoms with Crippen LogP contribution < -0.4 is 9.47 Å². The van der Waals surface area contributed by atoms with Crippen LogP contribution in [-0.2, 0) is 11.3 Å². The first kappa shape index (κ1) is 23.2. The molecule has 0 radical (unpaired) electrons. The molecule has 4 atom stereocenters. The van der Waals surface area contributed by atoms with E-state index >= 15 is 0 Å². The number of ether oxygens (including phenoxy) is 2. The van der Waals surface area contributed by atoms with Crippen LogP contribution in [0.25, 0.3) is 11.1 Å². The molecule has 180 valence electrons. The van der Waals surface area contributed by atoms with Gasteiger partial charge >= 0.3 is 0 Å². The molecule has 1 aliphatic heterocycles. The van der Waals surface area contributed by atoms with Gasteiger partial charge in [-0.1, -0.05) is 61.5 Å². The SMILES string of the molecule is COc1ccc(-c2ccc(OC)c([C@H]3[C@@H]4C=CC[C@H](C)[C@H]4C(=O)N3Cc3ccccc3)c2)cc1C. The number of rotatable bonds is 6. The summed E-state index contributed by atoms with van der Waals surface area (Å²) in [5.74, 6) is 2.37. The van der Waals surface area contributed by atoms with Gasteiger partial charge in [0.2, 0.25) is 5.91 Å². The lowest BCUT2D eigenvalue weighted by molar-refractivity contribution is -0.134. The number of fused-ring (bicyclic) bond motifs is 1. The standard InChI is InChI=1S/C31H33NO3/c1-20-9-8-12-25-29(20)31(33)32(19-22-10-6-5-7-11-22)30(25)26-18-24(14-16-28(26)35-4)23-13-15-27(34-3)21(2)17-23/h5-8,10-18,20,25,29-30H,9,19H2,1-4H3/t20-,25+,29+,30+/m0/s1. The predicted octanol–water partition coefficient (Wildman–Crippen LogP) is 6.59. The summed E-state index contributed by atoms with van der Waals surface area (Å²) < 4.78 is 11.3. The van der Waals surface area contributed by atoms with Gasteiger partial charge in [-0.05, 0) is 65.8 Å². The Morgan fingerprint density at radius 2 is 1.60 bits per heavy atom. The number of amides is 1. The Morgan fingerprint density at radius 1 is 0.914 bits per heavy atom. The maximum Gasteiger partial charge on any atom is 0.227 e. The molecule has 5 rings (SSSR count). The van der Waals surface area contributed by atoms with Crippen molar-refractivity contribution in [3.8, 4) is 22.6 Å². The van der Waals surface area contributed by atoms with Gasteiger partial charge in [-0.15, -0.1) is 0 Å². The molecular formula is C31H33NO3. The monoisotopic (exact) mass is 467 g/mol. The first-order valence-corrected chi connectivity index (χ1v) is 12.4. The highest BCUT2D eigenvalue weighted by Gasteiger charge is 2.51. The third-order valence-electron chi connectivity index (χ3n) is 7.63. The van der Waals surface area contributed by atoms with Crippen molar-refractivity contribution in [2.75, 3.05) is 14.2 Å². The van der Waals surface area contributed by atoms with Gasteiger partial charge in [0.1, 0.15) is 11.5 Å². The number of nitrogens with zero attached hydrogens (tertiary/aromatic N) is 1. The van der Waals surface area contributed by atoms with Gasteiger partial charge in [-0.25, -0.2) is 0 Å². The van der Waals surface area contributed by atoms with E-state index in [9.17, 15) is 4.79 Å². The highest BCUT2D eigenvalue weighted by atomic mass is 16.5. The van der Waals surface area contributed by atoms with Crippen LogP contribution in [0.15, 0.2) is 78.9 Å². The number of hydrogen-bond donors (Lipinski definition) is 0. The number of likely N-dealkylation sites (tertiary alicyclic amines) is 1. The number of hydrogen-bond acceptors (Lipinski definition) is 3. The molecule has 0 bridgehead atoms. The van der Waals surface area contributed by atoms with Gasteiger partial charge in [0.05, 0.1) is 20.3 Å². The van der Waals surface area contributed by atoms with Gasteiger partial charge in [0.15, 0.2) is 0 Å². The molecular weight excluding hydrogens is 434 g/mol. The van der Waals surface area contributed by atoms with E-state index in [2.05, 4.69) is 67.3 Å². The lowest BCUT2D eigenvalue weighted by Gasteiger charge is -2.31. The Kier molecular flexibility index (Phi) is 6.38. The largest absolute Gasteiger partial charge is 0.496 e. The van der Waals surface area contributed by atoms with E-state index in [0.29, 0.717) is 12.5 Å². The number of carbonyl (C=O) groups excluding carboxylic acids is 1. The average Bonchev–Trinajstić information content (AvgIpc) is 3.16. The third-order valence-corrected chi connectivity index (χ3v) is 7.63. The van der Waals surface area contributed by atoms with Gasteiger partial charge in [-0.3, -0.25) is 4.79 Å². The highest BCUT2D eigenvalue weighted by Crippen LogP contribution is 2.51. The zero-order valence-corrected chi connectivity index (χ0v) is 20.9. The van der Waals surface area contributed by atoms with Crippen LogP contribution in [0.3, 0.4) is 0 Å². The molecule has 35 heavy (non-hydrogen) atoms. The maximum absolute atomic E-state index is 13.8. The summed E-state index contributed by atoms with van der Waals surface area (Å²) in [6.45, 7) is 4.85. The zero-order valence-electron chi connectivity index (χ0n) is 20.9.